The van der Waals surface area contributed by atoms with Crippen LogP contribution in [0, 0.1) is 27.7 Å². The molecule has 2 aliphatic rings. The Morgan fingerprint density at radius 3 is 0.948 bits per heavy atom. The molecule has 4 heteroatoms. The molecule has 0 aromatic heterocycles. The second kappa shape index (κ2) is 13.1. The lowest BCUT2D eigenvalue weighted by molar-refractivity contribution is 0.477. The van der Waals surface area contributed by atoms with E-state index in [1.165, 1.54) is 66.1 Å². The highest BCUT2D eigenvalue weighted by Crippen LogP contribution is 2.54. The Morgan fingerprint density at radius 2 is 0.621 bits per heavy atom. The van der Waals surface area contributed by atoms with Crippen LogP contribution in [0.15, 0.2) is 170 Å². The maximum Gasteiger partial charge on any atom is 0.151 e. The number of ether oxygens (including phenoxy) is 2. The van der Waals surface area contributed by atoms with Crippen molar-refractivity contribution in [2.75, 3.05) is 9.80 Å². The number of nitrogens with zero attached hydrogens (tertiary/aromatic N) is 2. The normalized spacial score (nSPS) is 12.7. The predicted octanol–water partition coefficient (Wildman–Crippen LogP) is 15.7. The summed E-state index contributed by atoms with van der Waals surface area (Å²) < 4.78 is 12.9. The van der Waals surface area contributed by atoms with E-state index in [1.807, 2.05) is 24.3 Å². The summed E-state index contributed by atoms with van der Waals surface area (Å²) >= 11 is 0. The van der Waals surface area contributed by atoms with E-state index in [-0.39, 0.29) is 0 Å². The monoisotopic (exact) mass is 748 g/mol. The van der Waals surface area contributed by atoms with Gasteiger partial charge in [-0.1, -0.05) is 119 Å². The lowest BCUT2D eigenvalue weighted by Gasteiger charge is -2.33. The van der Waals surface area contributed by atoms with Gasteiger partial charge in [0, 0.05) is 11.4 Å². The maximum atomic E-state index is 6.44. The van der Waals surface area contributed by atoms with E-state index >= 15 is 0 Å². The first kappa shape index (κ1) is 34.0. The zero-order valence-corrected chi connectivity index (χ0v) is 32.9. The summed E-state index contributed by atoms with van der Waals surface area (Å²) in [7, 11) is 0. The van der Waals surface area contributed by atoms with Crippen LogP contribution >= 0.6 is 0 Å². The van der Waals surface area contributed by atoms with Gasteiger partial charge in [-0.3, -0.25) is 0 Å². The largest absolute Gasteiger partial charge is 0.453 e. The first-order valence-electron chi connectivity index (χ1n) is 19.9. The van der Waals surface area contributed by atoms with Crippen molar-refractivity contribution in [1.29, 1.82) is 0 Å². The topological polar surface area (TPSA) is 24.9 Å². The molecule has 0 atom stereocenters. The maximum absolute atomic E-state index is 6.44. The minimum Gasteiger partial charge on any atom is -0.453 e. The Hall–Kier alpha value is -7.30. The summed E-state index contributed by atoms with van der Waals surface area (Å²) in [6.45, 7) is 8.79. The lowest BCUT2D eigenvalue weighted by Crippen LogP contribution is -2.16. The molecule has 0 saturated carbocycles. The van der Waals surface area contributed by atoms with Crippen LogP contribution in [0.25, 0.3) is 43.8 Å². The Kier molecular flexibility index (Phi) is 7.70. The minimum atomic E-state index is 0.837. The van der Waals surface area contributed by atoms with Gasteiger partial charge < -0.3 is 19.3 Å². The molecule has 0 amide bonds. The lowest BCUT2D eigenvalue weighted by atomic mass is 9.84. The smallest absolute Gasteiger partial charge is 0.151 e. The highest BCUT2D eigenvalue weighted by Gasteiger charge is 2.29. The minimum absolute atomic E-state index is 0.837. The second-order valence-electron chi connectivity index (χ2n) is 15.7. The second-order valence-corrected chi connectivity index (χ2v) is 15.7. The van der Waals surface area contributed by atoms with Gasteiger partial charge in [-0.2, -0.15) is 0 Å². The molecule has 278 valence electrons. The molecule has 0 spiro atoms. The molecule has 0 fully saturated rings. The van der Waals surface area contributed by atoms with Crippen LogP contribution in [0.4, 0.5) is 34.1 Å². The number of rotatable bonds is 4. The van der Waals surface area contributed by atoms with Crippen molar-refractivity contribution in [2.45, 2.75) is 27.7 Å². The molecule has 0 aliphatic carbocycles. The zero-order valence-electron chi connectivity index (χ0n) is 32.9. The van der Waals surface area contributed by atoms with Gasteiger partial charge in [0.2, 0.25) is 0 Å². The fourth-order valence-corrected chi connectivity index (χ4v) is 9.31. The van der Waals surface area contributed by atoms with Gasteiger partial charge in [0.1, 0.15) is 0 Å². The number of fused-ring (bicyclic) bond motifs is 6. The number of anilines is 6. The third kappa shape index (κ3) is 5.44. The zero-order chi connectivity index (χ0) is 39.1. The van der Waals surface area contributed by atoms with Crippen LogP contribution in [-0.2, 0) is 0 Å². The summed E-state index contributed by atoms with van der Waals surface area (Å²) in [6.07, 6.45) is 0. The van der Waals surface area contributed by atoms with Crippen LogP contribution in [0.1, 0.15) is 22.3 Å². The standard InChI is InChI=1S/C54H40N2O2/c1-33-25-34(2)28-37(27-33)53-41-23-21-40(56-47-15-7-11-19-51(47)58-52-20-12-8-16-48(52)56)32-44(41)54(38-29-35(3)26-36(4)30-38)42-24-22-39(31-43(42)53)55-45-13-5-9-17-49(45)57-50-18-10-6-14-46(50)55/h5-32H,1-4H3. The molecule has 0 radical (unpaired) electrons. The highest BCUT2D eigenvalue weighted by molar-refractivity contribution is 6.23. The van der Waals surface area contributed by atoms with Crippen molar-refractivity contribution in [3.8, 4) is 45.3 Å². The van der Waals surface area contributed by atoms with Gasteiger partial charge in [-0.15, -0.1) is 0 Å². The van der Waals surface area contributed by atoms with Gasteiger partial charge in [-0.05, 0) is 144 Å². The molecule has 2 heterocycles. The molecule has 0 N–H and O–H groups in total. The van der Waals surface area contributed by atoms with E-state index in [1.54, 1.807) is 0 Å². The summed E-state index contributed by atoms with van der Waals surface area (Å²) in [6, 6.07) is 61.2. The number of benzene rings is 9. The molecule has 9 aromatic rings. The SMILES string of the molecule is Cc1cc(C)cc(-c2c3ccc(N4c5ccccc5Oc5ccccc54)cc3c(-c3cc(C)cc(C)c3)c3ccc(N4c5ccccc5Oc5ccccc54)cc23)c1. The Bertz CT molecular complexity index is 2800. The van der Waals surface area contributed by atoms with Gasteiger partial charge >= 0.3 is 0 Å². The van der Waals surface area contributed by atoms with Crippen molar-refractivity contribution < 1.29 is 9.47 Å². The van der Waals surface area contributed by atoms with Gasteiger partial charge in [-0.25, -0.2) is 0 Å². The van der Waals surface area contributed by atoms with Crippen molar-refractivity contribution in [3.05, 3.63) is 192 Å². The quantitative estimate of drug-likeness (QED) is 0.167. The fourth-order valence-electron chi connectivity index (χ4n) is 9.31. The number of hydrogen-bond acceptors (Lipinski definition) is 4. The predicted molar refractivity (Wildman–Crippen MR) is 241 cm³/mol. The van der Waals surface area contributed by atoms with Crippen LogP contribution < -0.4 is 19.3 Å². The molecular formula is C54H40N2O2. The number of hydrogen-bond donors (Lipinski definition) is 0. The van der Waals surface area contributed by atoms with Crippen LogP contribution in [0.3, 0.4) is 0 Å². The van der Waals surface area contributed by atoms with E-state index in [4.69, 9.17) is 9.47 Å². The fraction of sp³-hybridized carbons (Fsp3) is 0.0741. The molecule has 58 heavy (non-hydrogen) atoms. The molecular weight excluding hydrogens is 709 g/mol. The number of aryl methyl sites for hydroxylation is 4. The van der Waals surface area contributed by atoms with Crippen LogP contribution in [0.5, 0.6) is 23.0 Å². The average Bonchev–Trinajstić information content (AvgIpc) is 3.22. The summed E-state index contributed by atoms with van der Waals surface area (Å²) in [5.74, 6) is 3.35. The Labute approximate surface area is 338 Å². The van der Waals surface area contributed by atoms with Gasteiger partial charge in [0.25, 0.3) is 0 Å². The van der Waals surface area contributed by atoms with E-state index in [9.17, 15) is 0 Å². The van der Waals surface area contributed by atoms with Gasteiger partial charge in [0.05, 0.1) is 22.7 Å². The summed E-state index contributed by atoms with van der Waals surface area (Å²) in [4.78, 5) is 4.69. The van der Waals surface area contributed by atoms with E-state index in [0.717, 1.165) is 57.1 Å². The molecule has 4 nitrogen and oxygen atoms in total. The van der Waals surface area contributed by atoms with E-state index in [2.05, 4.69) is 183 Å². The molecule has 0 unspecified atom stereocenters. The molecule has 2 aliphatic heterocycles. The Morgan fingerprint density at radius 1 is 0.310 bits per heavy atom. The first-order valence-corrected chi connectivity index (χ1v) is 19.9. The van der Waals surface area contributed by atoms with Crippen molar-refractivity contribution in [1.82, 2.24) is 0 Å². The van der Waals surface area contributed by atoms with Gasteiger partial charge in [0.15, 0.2) is 23.0 Å². The molecule has 9 aromatic carbocycles. The summed E-state index contributed by atoms with van der Waals surface area (Å²) in [5.41, 5.74) is 16.0. The average molecular weight is 749 g/mol. The van der Waals surface area contributed by atoms with Crippen LogP contribution in [0.2, 0.25) is 0 Å². The van der Waals surface area contributed by atoms with E-state index < -0.39 is 0 Å². The molecule has 0 bridgehead atoms. The molecule has 0 saturated heterocycles. The Balaban J connectivity index is 1.26. The third-order valence-corrected chi connectivity index (χ3v) is 11.5. The van der Waals surface area contributed by atoms with Crippen molar-refractivity contribution in [2.24, 2.45) is 0 Å². The number of para-hydroxylation sites is 8. The first-order chi connectivity index (χ1) is 28.4. The summed E-state index contributed by atoms with van der Waals surface area (Å²) in [5, 5.41) is 4.79. The van der Waals surface area contributed by atoms with Crippen LogP contribution in [-0.4, -0.2) is 0 Å². The van der Waals surface area contributed by atoms with Crippen molar-refractivity contribution >= 4 is 55.7 Å². The van der Waals surface area contributed by atoms with E-state index in [0.29, 0.717) is 0 Å². The molecule has 11 rings (SSSR count). The van der Waals surface area contributed by atoms with Crippen molar-refractivity contribution in [3.63, 3.8) is 0 Å². The highest BCUT2D eigenvalue weighted by atomic mass is 16.5. The third-order valence-electron chi connectivity index (χ3n) is 11.5.